The van der Waals surface area contributed by atoms with Crippen molar-refractivity contribution in [2.24, 2.45) is 5.92 Å². The highest BCUT2D eigenvalue weighted by atomic mass is 32.2. The van der Waals surface area contributed by atoms with Crippen molar-refractivity contribution in [1.82, 2.24) is 15.2 Å². The van der Waals surface area contributed by atoms with Gasteiger partial charge in [-0.15, -0.1) is 0 Å². The second-order valence-electron chi connectivity index (χ2n) is 10.0. The van der Waals surface area contributed by atoms with Crippen LogP contribution in [0.2, 0.25) is 0 Å². The van der Waals surface area contributed by atoms with Gasteiger partial charge >= 0.3 is 0 Å². The van der Waals surface area contributed by atoms with Crippen LogP contribution < -0.4 is 14.9 Å². The Kier molecular flexibility index (Phi) is 7.96. The minimum Gasteiger partial charge on any atom is -0.353 e. The van der Waals surface area contributed by atoms with Crippen LogP contribution in [0.1, 0.15) is 56.0 Å². The molecular formula is C26H37N5O3S. The smallest absolute Gasteiger partial charge is 0.261 e. The number of amides is 1. The van der Waals surface area contributed by atoms with Gasteiger partial charge in [-0.1, -0.05) is 26.0 Å². The minimum atomic E-state index is -3.81. The van der Waals surface area contributed by atoms with Crippen LogP contribution in [0.3, 0.4) is 0 Å². The lowest BCUT2D eigenvalue weighted by Gasteiger charge is -2.35. The summed E-state index contributed by atoms with van der Waals surface area (Å²) in [5, 5.41) is 3.32. The second-order valence-corrected chi connectivity index (χ2v) is 11.7. The number of rotatable bonds is 7. The first-order valence-corrected chi connectivity index (χ1v) is 14.1. The molecule has 0 bridgehead atoms. The number of nitrogens with one attached hydrogen (secondary N) is 2. The van der Waals surface area contributed by atoms with Crippen molar-refractivity contribution < 1.29 is 13.2 Å². The molecule has 9 heteroatoms. The van der Waals surface area contributed by atoms with Gasteiger partial charge < -0.3 is 15.1 Å². The van der Waals surface area contributed by atoms with Gasteiger partial charge in [0.15, 0.2) is 0 Å². The van der Waals surface area contributed by atoms with Crippen molar-refractivity contribution in [1.29, 1.82) is 0 Å². The summed E-state index contributed by atoms with van der Waals surface area (Å²) >= 11 is 0. The van der Waals surface area contributed by atoms with Crippen molar-refractivity contribution >= 4 is 27.4 Å². The minimum absolute atomic E-state index is 0.0858. The van der Waals surface area contributed by atoms with Crippen LogP contribution in [-0.4, -0.2) is 63.0 Å². The Labute approximate surface area is 209 Å². The van der Waals surface area contributed by atoms with E-state index in [4.69, 9.17) is 0 Å². The number of nitrogens with zero attached hydrogens (tertiary/aromatic N) is 3. The molecule has 2 aromatic rings. The van der Waals surface area contributed by atoms with E-state index in [0.29, 0.717) is 29.5 Å². The maximum atomic E-state index is 13.7. The summed E-state index contributed by atoms with van der Waals surface area (Å²) in [5.41, 5.74) is 1.85. The van der Waals surface area contributed by atoms with Gasteiger partial charge in [-0.25, -0.2) is 13.4 Å². The number of pyridine rings is 1. The second kappa shape index (κ2) is 11.0. The molecule has 0 aliphatic carbocycles. The Bertz CT molecular complexity index is 1130. The van der Waals surface area contributed by atoms with Crippen LogP contribution in [0.4, 0.5) is 11.5 Å². The fourth-order valence-electron chi connectivity index (χ4n) is 4.84. The number of carbonyl (C=O) groups is 1. The van der Waals surface area contributed by atoms with Gasteiger partial charge in [0.1, 0.15) is 5.82 Å². The van der Waals surface area contributed by atoms with E-state index >= 15 is 0 Å². The molecule has 35 heavy (non-hydrogen) atoms. The van der Waals surface area contributed by atoms with Gasteiger partial charge in [-0.05, 0) is 62.3 Å². The number of hydrogen-bond acceptors (Lipinski definition) is 6. The van der Waals surface area contributed by atoms with Crippen LogP contribution >= 0.6 is 0 Å². The van der Waals surface area contributed by atoms with Crippen LogP contribution in [0.5, 0.6) is 0 Å². The van der Waals surface area contributed by atoms with E-state index in [0.717, 1.165) is 57.4 Å². The van der Waals surface area contributed by atoms with Gasteiger partial charge in [0.2, 0.25) is 0 Å². The van der Waals surface area contributed by atoms with Gasteiger partial charge in [-0.3, -0.25) is 9.52 Å². The largest absolute Gasteiger partial charge is 0.353 e. The standard InChI is InChI=1S/C26H37N5O3S/c1-19(2)16-21-7-9-23(10-8-21)35(33,34)29-22-17-24(26(32)31-13-5-4-6-20(31)3)25(28-18-22)30-14-11-27-12-15-30/h7-10,17-20,27,29H,4-6,11-16H2,1-3H3. The number of benzene rings is 1. The Balaban J connectivity index is 1.62. The first kappa shape index (κ1) is 25.4. The molecule has 0 saturated carbocycles. The summed E-state index contributed by atoms with van der Waals surface area (Å²) in [6, 6.07) is 8.77. The quantitative estimate of drug-likeness (QED) is 0.606. The van der Waals surface area contributed by atoms with Crippen molar-refractivity contribution in [2.75, 3.05) is 42.3 Å². The summed E-state index contributed by atoms with van der Waals surface area (Å²) in [6.07, 6.45) is 5.47. The fourth-order valence-corrected chi connectivity index (χ4v) is 5.88. The van der Waals surface area contributed by atoms with Crippen LogP contribution in [-0.2, 0) is 16.4 Å². The molecule has 0 spiro atoms. The lowest BCUT2D eigenvalue weighted by atomic mass is 10.0. The van der Waals surface area contributed by atoms with E-state index in [2.05, 4.69) is 40.7 Å². The predicted octanol–water partition coefficient (Wildman–Crippen LogP) is 3.51. The number of likely N-dealkylation sites (tertiary alicyclic amines) is 1. The summed E-state index contributed by atoms with van der Waals surface area (Å²) < 4.78 is 28.8. The van der Waals surface area contributed by atoms with E-state index in [1.807, 2.05) is 17.0 Å². The molecule has 4 rings (SSSR count). The van der Waals surface area contributed by atoms with Crippen LogP contribution in [0.25, 0.3) is 0 Å². The molecule has 1 aromatic carbocycles. The monoisotopic (exact) mass is 499 g/mol. The predicted molar refractivity (Wildman–Crippen MR) is 139 cm³/mol. The van der Waals surface area contributed by atoms with Crippen molar-refractivity contribution in [3.05, 3.63) is 47.7 Å². The molecule has 0 radical (unpaired) electrons. The number of anilines is 2. The number of piperidine rings is 1. The highest BCUT2D eigenvalue weighted by Crippen LogP contribution is 2.28. The fraction of sp³-hybridized carbons (Fsp3) is 0.538. The van der Waals surface area contributed by atoms with E-state index in [9.17, 15) is 13.2 Å². The Hall–Kier alpha value is -2.65. The average Bonchev–Trinajstić information content (AvgIpc) is 2.84. The molecule has 2 saturated heterocycles. The van der Waals surface area contributed by atoms with Crippen molar-refractivity contribution in [3.63, 3.8) is 0 Å². The zero-order valence-corrected chi connectivity index (χ0v) is 21.8. The van der Waals surface area contributed by atoms with Gasteiger partial charge in [0.05, 0.1) is 22.3 Å². The third-order valence-electron chi connectivity index (χ3n) is 6.71. The highest BCUT2D eigenvalue weighted by Gasteiger charge is 2.29. The topological polar surface area (TPSA) is 94.6 Å². The third-order valence-corrected chi connectivity index (χ3v) is 8.10. The molecule has 2 N–H and O–H groups in total. The summed E-state index contributed by atoms with van der Waals surface area (Å²) in [4.78, 5) is 22.4. The number of sulfonamides is 1. The van der Waals surface area contributed by atoms with E-state index in [1.165, 1.54) is 6.20 Å². The summed E-state index contributed by atoms with van der Waals surface area (Å²) in [6.45, 7) is 10.2. The molecule has 1 unspecified atom stereocenters. The lowest BCUT2D eigenvalue weighted by Crippen LogP contribution is -2.46. The molecular weight excluding hydrogens is 462 g/mol. The summed E-state index contributed by atoms with van der Waals surface area (Å²) in [5.74, 6) is 1.03. The molecule has 3 heterocycles. The van der Waals surface area contributed by atoms with E-state index < -0.39 is 10.0 Å². The maximum absolute atomic E-state index is 13.7. The molecule has 8 nitrogen and oxygen atoms in total. The Morgan fingerprint density at radius 2 is 1.86 bits per heavy atom. The number of piperazine rings is 1. The van der Waals surface area contributed by atoms with E-state index in [-0.39, 0.29) is 16.8 Å². The maximum Gasteiger partial charge on any atom is 0.261 e. The molecule has 1 aromatic heterocycles. The molecule has 2 fully saturated rings. The normalized spacial score (nSPS) is 19.1. The Morgan fingerprint density at radius 1 is 1.14 bits per heavy atom. The highest BCUT2D eigenvalue weighted by molar-refractivity contribution is 7.92. The molecule has 2 aliphatic rings. The zero-order valence-electron chi connectivity index (χ0n) is 21.0. The zero-order chi connectivity index (χ0) is 25.0. The SMILES string of the molecule is CC(C)Cc1ccc(S(=O)(=O)Nc2cnc(N3CCNCC3)c(C(=O)N3CCCCC3C)c2)cc1. The van der Waals surface area contributed by atoms with E-state index in [1.54, 1.807) is 18.2 Å². The Morgan fingerprint density at radius 3 is 2.51 bits per heavy atom. The molecule has 190 valence electrons. The van der Waals surface area contributed by atoms with Crippen molar-refractivity contribution in [3.8, 4) is 0 Å². The van der Waals surface area contributed by atoms with Gasteiger partial charge in [0.25, 0.3) is 15.9 Å². The van der Waals surface area contributed by atoms with Crippen LogP contribution in [0.15, 0.2) is 41.4 Å². The molecule has 1 amide bonds. The third kappa shape index (κ3) is 6.13. The lowest BCUT2D eigenvalue weighted by molar-refractivity contribution is 0.0636. The average molecular weight is 500 g/mol. The van der Waals surface area contributed by atoms with Gasteiger partial charge in [0, 0.05) is 38.8 Å². The summed E-state index contributed by atoms with van der Waals surface area (Å²) in [7, 11) is -3.81. The van der Waals surface area contributed by atoms with Crippen LogP contribution in [0, 0.1) is 5.92 Å². The molecule has 1 atom stereocenters. The molecule has 2 aliphatic heterocycles. The number of carbonyl (C=O) groups excluding carboxylic acids is 1. The van der Waals surface area contributed by atoms with Crippen molar-refractivity contribution in [2.45, 2.75) is 57.4 Å². The first-order chi connectivity index (χ1) is 16.7. The van der Waals surface area contributed by atoms with Gasteiger partial charge in [-0.2, -0.15) is 0 Å². The number of hydrogen-bond donors (Lipinski definition) is 2. The number of aromatic nitrogens is 1. The first-order valence-electron chi connectivity index (χ1n) is 12.6.